The highest BCUT2D eigenvalue weighted by Crippen LogP contribution is 2.22. The summed E-state index contributed by atoms with van der Waals surface area (Å²) in [6, 6.07) is 12.4. The van der Waals surface area contributed by atoms with Crippen molar-refractivity contribution in [3.63, 3.8) is 0 Å². The van der Waals surface area contributed by atoms with Gasteiger partial charge in [0.2, 0.25) is 5.82 Å². The maximum atomic E-state index is 12.6. The number of aromatic nitrogens is 5. The number of halogens is 1. The lowest BCUT2D eigenvalue weighted by Gasteiger charge is -2.07. The number of methoxy groups -OCH3 is 1. The molecule has 10 heteroatoms. The summed E-state index contributed by atoms with van der Waals surface area (Å²) in [6.07, 6.45) is 0. The molecule has 0 aliphatic rings. The first-order valence-corrected chi connectivity index (χ1v) is 9.66. The lowest BCUT2D eigenvalue weighted by atomic mass is 10.2. The standard InChI is InChI=1S/C21H18ClN5O4/c1-12-9-13(2)27(25-12)17-8-7-16(22)19(23-17)21(28)30-11-18-24-20(26-31-18)14-5-4-6-15(10-14)29-3/h4-10H,11H2,1-3H3. The summed E-state index contributed by atoms with van der Waals surface area (Å²) in [5, 5.41) is 8.44. The Morgan fingerprint density at radius 3 is 2.74 bits per heavy atom. The summed E-state index contributed by atoms with van der Waals surface area (Å²) >= 11 is 6.16. The molecule has 0 amide bonds. The molecule has 31 heavy (non-hydrogen) atoms. The van der Waals surface area contributed by atoms with Crippen LogP contribution in [0, 0.1) is 13.8 Å². The molecule has 0 spiro atoms. The van der Waals surface area contributed by atoms with Gasteiger partial charge in [0.05, 0.1) is 17.8 Å². The summed E-state index contributed by atoms with van der Waals surface area (Å²) in [6.45, 7) is 3.54. The molecule has 4 aromatic rings. The van der Waals surface area contributed by atoms with Gasteiger partial charge in [-0.1, -0.05) is 28.9 Å². The SMILES string of the molecule is COc1cccc(-c2noc(COC(=O)c3nc(-n4nc(C)cc4C)ccc3Cl)n2)c1. The number of hydrogen-bond donors (Lipinski definition) is 0. The van der Waals surface area contributed by atoms with Crippen molar-refractivity contribution < 1.29 is 18.8 Å². The van der Waals surface area contributed by atoms with Crippen molar-refractivity contribution in [3.05, 3.63) is 70.5 Å². The summed E-state index contributed by atoms with van der Waals surface area (Å²) in [4.78, 5) is 21.1. The minimum Gasteiger partial charge on any atom is -0.497 e. The highest BCUT2D eigenvalue weighted by Gasteiger charge is 2.18. The average Bonchev–Trinajstić information content (AvgIpc) is 3.38. The van der Waals surface area contributed by atoms with E-state index >= 15 is 0 Å². The minimum atomic E-state index is -0.713. The molecule has 0 atom stereocenters. The van der Waals surface area contributed by atoms with Gasteiger partial charge < -0.3 is 14.0 Å². The monoisotopic (exact) mass is 439 g/mol. The first-order chi connectivity index (χ1) is 14.9. The van der Waals surface area contributed by atoms with Gasteiger partial charge in [-0.05, 0) is 44.2 Å². The Labute approximate surface area is 182 Å². The molecule has 1 aromatic carbocycles. The fourth-order valence-electron chi connectivity index (χ4n) is 2.94. The molecule has 0 radical (unpaired) electrons. The number of hydrogen-bond acceptors (Lipinski definition) is 8. The molecule has 4 rings (SSSR count). The van der Waals surface area contributed by atoms with E-state index in [1.54, 1.807) is 30.0 Å². The molecule has 0 unspecified atom stereocenters. The van der Waals surface area contributed by atoms with E-state index in [1.807, 2.05) is 38.1 Å². The van der Waals surface area contributed by atoms with Crippen molar-refractivity contribution in [2.45, 2.75) is 20.5 Å². The van der Waals surface area contributed by atoms with Gasteiger partial charge in [-0.3, -0.25) is 0 Å². The molecule has 0 bridgehead atoms. The Hall–Kier alpha value is -3.72. The number of ether oxygens (including phenoxy) is 2. The van der Waals surface area contributed by atoms with Crippen molar-refractivity contribution in [2.75, 3.05) is 7.11 Å². The molecule has 158 valence electrons. The average molecular weight is 440 g/mol. The van der Waals surface area contributed by atoms with Gasteiger partial charge in [0, 0.05) is 11.3 Å². The quantitative estimate of drug-likeness (QED) is 0.416. The molecule has 0 aliphatic carbocycles. The maximum Gasteiger partial charge on any atom is 0.359 e. The zero-order valence-corrected chi connectivity index (χ0v) is 17.8. The van der Waals surface area contributed by atoms with Crippen molar-refractivity contribution in [1.29, 1.82) is 0 Å². The molecule has 9 nitrogen and oxygen atoms in total. The van der Waals surface area contributed by atoms with Crippen LogP contribution in [-0.2, 0) is 11.3 Å². The summed E-state index contributed by atoms with van der Waals surface area (Å²) in [5.74, 6) is 0.901. The normalized spacial score (nSPS) is 10.8. The van der Waals surface area contributed by atoms with E-state index in [4.69, 9.17) is 25.6 Å². The zero-order chi connectivity index (χ0) is 22.0. The Morgan fingerprint density at radius 1 is 1.16 bits per heavy atom. The second-order valence-corrected chi connectivity index (χ2v) is 7.07. The van der Waals surface area contributed by atoms with Crippen LogP contribution in [0.25, 0.3) is 17.2 Å². The van der Waals surface area contributed by atoms with Crippen LogP contribution in [0.2, 0.25) is 5.02 Å². The molecule has 0 aliphatic heterocycles. The third-order valence-electron chi connectivity index (χ3n) is 4.37. The molecule has 0 N–H and O–H groups in total. The number of aryl methyl sites for hydroxylation is 2. The molecular weight excluding hydrogens is 422 g/mol. The number of esters is 1. The predicted octanol–water partition coefficient (Wildman–Crippen LogP) is 3.95. The van der Waals surface area contributed by atoms with E-state index in [0.29, 0.717) is 23.0 Å². The molecule has 0 fully saturated rings. The molecule has 3 aromatic heterocycles. The number of benzene rings is 1. The Kier molecular flexibility index (Phi) is 5.68. The summed E-state index contributed by atoms with van der Waals surface area (Å²) in [7, 11) is 1.57. The summed E-state index contributed by atoms with van der Waals surface area (Å²) in [5.41, 5.74) is 2.39. The van der Waals surface area contributed by atoms with Crippen LogP contribution in [0.3, 0.4) is 0 Å². The maximum absolute atomic E-state index is 12.6. The first-order valence-electron chi connectivity index (χ1n) is 9.29. The number of nitrogens with zero attached hydrogens (tertiary/aromatic N) is 5. The molecule has 3 heterocycles. The fraction of sp³-hybridized carbons (Fsp3) is 0.190. The number of pyridine rings is 1. The predicted molar refractivity (Wildman–Crippen MR) is 111 cm³/mol. The molecule has 0 saturated carbocycles. The van der Waals surface area contributed by atoms with Crippen LogP contribution in [0.4, 0.5) is 0 Å². The van der Waals surface area contributed by atoms with Crippen LogP contribution >= 0.6 is 11.6 Å². The minimum absolute atomic E-state index is 0.0285. The van der Waals surface area contributed by atoms with Crippen LogP contribution in [0.5, 0.6) is 5.75 Å². The van der Waals surface area contributed by atoms with Gasteiger partial charge in [0.15, 0.2) is 18.1 Å². The summed E-state index contributed by atoms with van der Waals surface area (Å²) < 4.78 is 17.3. The van der Waals surface area contributed by atoms with E-state index in [0.717, 1.165) is 11.4 Å². The van der Waals surface area contributed by atoms with Crippen LogP contribution in [-0.4, -0.2) is 38.0 Å². The number of carbonyl (C=O) groups excluding carboxylic acids is 1. The van der Waals surface area contributed by atoms with Crippen LogP contribution < -0.4 is 4.74 Å². The zero-order valence-electron chi connectivity index (χ0n) is 17.0. The third-order valence-corrected chi connectivity index (χ3v) is 4.68. The van der Waals surface area contributed by atoms with Crippen LogP contribution in [0.1, 0.15) is 27.8 Å². The van der Waals surface area contributed by atoms with Gasteiger partial charge in [-0.15, -0.1) is 0 Å². The first kappa shape index (κ1) is 20.5. The van der Waals surface area contributed by atoms with E-state index in [-0.39, 0.29) is 23.2 Å². The Morgan fingerprint density at radius 2 is 2.00 bits per heavy atom. The molecule has 0 saturated heterocycles. The third kappa shape index (κ3) is 4.41. The van der Waals surface area contributed by atoms with E-state index in [2.05, 4.69) is 20.2 Å². The second-order valence-electron chi connectivity index (χ2n) is 6.66. The largest absolute Gasteiger partial charge is 0.497 e. The lowest BCUT2D eigenvalue weighted by molar-refractivity contribution is 0.0423. The smallest absolute Gasteiger partial charge is 0.359 e. The Balaban J connectivity index is 1.49. The van der Waals surface area contributed by atoms with Gasteiger partial charge in [-0.25, -0.2) is 14.5 Å². The van der Waals surface area contributed by atoms with Gasteiger partial charge in [-0.2, -0.15) is 10.1 Å². The van der Waals surface area contributed by atoms with Gasteiger partial charge >= 0.3 is 5.97 Å². The number of rotatable bonds is 6. The highest BCUT2D eigenvalue weighted by atomic mass is 35.5. The fourth-order valence-corrected chi connectivity index (χ4v) is 3.12. The van der Waals surface area contributed by atoms with E-state index < -0.39 is 5.97 Å². The Bertz CT molecular complexity index is 1250. The van der Waals surface area contributed by atoms with E-state index in [9.17, 15) is 4.79 Å². The second kappa shape index (κ2) is 8.57. The van der Waals surface area contributed by atoms with Crippen molar-refractivity contribution >= 4 is 17.6 Å². The topological polar surface area (TPSA) is 105 Å². The molecular formula is C21H18ClN5O4. The van der Waals surface area contributed by atoms with Crippen LogP contribution in [0.15, 0.2) is 47.0 Å². The number of carbonyl (C=O) groups is 1. The van der Waals surface area contributed by atoms with E-state index in [1.165, 1.54) is 0 Å². The van der Waals surface area contributed by atoms with Crippen molar-refractivity contribution in [3.8, 4) is 23.0 Å². The van der Waals surface area contributed by atoms with Crippen molar-refractivity contribution in [2.24, 2.45) is 0 Å². The highest BCUT2D eigenvalue weighted by molar-refractivity contribution is 6.33. The van der Waals surface area contributed by atoms with Crippen molar-refractivity contribution in [1.82, 2.24) is 24.9 Å². The lowest BCUT2D eigenvalue weighted by Crippen LogP contribution is -2.11. The van der Waals surface area contributed by atoms with Gasteiger partial charge in [0.25, 0.3) is 5.89 Å². The van der Waals surface area contributed by atoms with Gasteiger partial charge in [0.1, 0.15) is 5.75 Å².